The largest absolute Gasteiger partial charge is 0.368 e. The number of rotatable bonds is 6. The predicted molar refractivity (Wildman–Crippen MR) is 146 cm³/mol. The van der Waals surface area contributed by atoms with Crippen LogP contribution in [-0.4, -0.2) is 44.5 Å². The van der Waals surface area contributed by atoms with Gasteiger partial charge in [-0.05, 0) is 92.5 Å². The van der Waals surface area contributed by atoms with Gasteiger partial charge in [-0.1, -0.05) is 6.07 Å². The van der Waals surface area contributed by atoms with Gasteiger partial charge in [-0.3, -0.25) is 4.79 Å². The summed E-state index contributed by atoms with van der Waals surface area (Å²) in [6, 6.07) is 14.1. The molecule has 4 N–H and O–H groups in total. The Bertz CT molecular complexity index is 1530. The summed E-state index contributed by atoms with van der Waals surface area (Å²) >= 11 is 0. The fraction of sp³-hybridized carbons (Fsp3) is 0.321. The summed E-state index contributed by atoms with van der Waals surface area (Å²) in [7, 11) is 0. The van der Waals surface area contributed by atoms with E-state index >= 15 is 0 Å². The Hall–Kier alpha value is -4.29. The maximum atomic E-state index is 12.8. The average molecular weight is 495 g/mol. The number of fused-ring (bicyclic) bond motifs is 1. The Labute approximate surface area is 215 Å². The number of hydrogen-bond acceptors (Lipinski definition) is 8. The first-order valence-corrected chi connectivity index (χ1v) is 12.5. The fourth-order valence-electron chi connectivity index (χ4n) is 5.18. The summed E-state index contributed by atoms with van der Waals surface area (Å²) in [5.41, 5.74) is 11.0. The minimum absolute atomic E-state index is 0.180. The zero-order valence-electron chi connectivity index (χ0n) is 21.1. The highest BCUT2D eigenvalue weighted by atomic mass is 16.1. The van der Waals surface area contributed by atoms with Crippen molar-refractivity contribution < 1.29 is 0 Å². The molecule has 0 bridgehead atoms. The van der Waals surface area contributed by atoms with Crippen molar-refractivity contribution >= 4 is 28.2 Å². The summed E-state index contributed by atoms with van der Waals surface area (Å²) in [5, 5.41) is 13.5. The van der Waals surface area contributed by atoms with E-state index < -0.39 is 0 Å². The minimum Gasteiger partial charge on any atom is -0.368 e. The molecule has 0 unspecified atom stereocenters. The molecule has 1 fully saturated rings. The van der Waals surface area contributed by atoms with Crippen LogP contribution in [0.2, 0.25) is 0 Å². The molecule has 37 heavy (non-hydrogen) atoms. The van der Waals surface area contributed by atoms with E-state index in [1.54, 1.807) is 6.20 Å². The van der Waals surface area contributed by atoms with E-state index in [0.717, 1.165) is 49.2 Å². The zero-order chi connectivity index (χ0) is 25.9. The number of nitrogens with one attached hydrogen (secondary N) is 2. The topological polar surface area (TPSA) is 137 Å². The molecular weight excluding hydrogens is 464 g/mol. The zero-order valence-corrected chi connectivity index (χ0v) is 21.1. The van der Waals surface area contributed by atoms with Crippen LogP contribution in [0, 0.1) is 25.2 Å². The lowest BCUT2D eigenvalue weighted by molar-refractivity contribution is 0.216. The molecule has 4 heterocycles. The van der Waals surface area contributed by atoms with Crippen LogP contribution < -0.4 is 16.6 Å². The Kier molecular flexibility index (Phi) is 6.84. The summed E-state index contributed by atoms with van der Waals surface area (Å²) in [6.45, 7) is 6.87. The predicted octanol–water partition coefficient (Wildman–Crippen LogP) is 4.42. The van der Waals surface area contributed by atoms with Crippen molar-refractivity contribution in [2.45, 2.75) is 39.0 Å². The van der Waals surface area contributed by atoms with Crippen LogP contribution in [0.5, 0.6) is 0 Å². The van der Waals surface area contributed by atoms with E-state index in [2.05, 4.69) is 56.4 Å². The molecule has 3 aromatic heterocycles. The summed E-state index contributed by atoms with van der Waals surface area (Å²) in [5.74, 6) is 1.14. The van der Waals surface area contributed by atoms with Gasteiger partial charge in [0.2, 0.25) is 5.95 Å². The molecule has 4 aromatic rings. The first kappa shape index (κ1) is 24.4. The molecule has 0 spiro atoms. The van der Waals surface area contributed by atoms with Crippen LogP contribution in [0.4, 0.5) is 17.5 Å². The molecule has 1 aliphatic rings. The number of aromatic amines is 1. The van der Waals surface area contributed by atoms with Crippen molar-refractivity contribution in [2.75, 3.05) is 30.7 Å². The number of pyridine rings is 2. The normalized spacial score (nSPS) is 14.5. The van der Waals surface area contributed by atoms with Crippen molar-refractivity contribution in [3.63, 3.8) is 0 Å². The molecule has 0 radical (unpaired) electrons. The lowest BCUT2D eigenvalue weighted by Crippen LogP contribution is -2.33. The molecule has 1 aliphatic heterocycles. The fourth-order valence-corrected chi connectivity index (χ4v) is 5.18. The second-order valence-corrected chi connectivity index (χ2v) is 9.60. The SMILES string of the molecule is Cc1cc(-c2cc3cc[nH]c(=O)c3c(Nc3ccc(C4CCN(CCC#N)CC4)c(C)c3)n2)nc(N)n1. The van der Waals surface area contributed by atoms with Crippen LogP contribution in [0.15, 0.2) is 47.4 Å². The number of anilines is 3. The third-order valence-electron chi connectivity index (χ3n) is 6.99. The van der Waals surface area contributed by atoms with E-state index in [9.17, 15) is 4.79 Å². The highest BCUT2D eigenvalue weighted by molar-refractivity contribution is 5.95. The summed E-state index contributed by atoms with van der Waals surface area (Å²) < 4.78 is 0. The standard InChI is InChI=1S/C28H30N8O/c1-17-14-21(4-5-22(17)19-7-12-36(13-8-19)11-3-9-29)33-26-25-20(6-10-31-27(25)37)16-24(34-26)23-15-18(2)32-28(30)35-23/h4-6,10,14-16,19H,3,7-8,11-13H2,1-2H3,(H,31,37)(H,33,34)(H2,30,32,35). The van der Waals surface area contributed by atoms with E-state index in [-0.39, 0.29) is 11.5 Å². The number of aromatic nitrogens is 4. The van der Waals surface area contributed by atoms with Crippen molar-refractivity contribution in [2.24, 2.45) is 0 Å². The molecule has 9 heteroatoms. The maximum Gasteiger partial charge on any atom is 0.259 e. The molecular formula is C28H30N8O. The third-order valence-corrected chi connectivity index (χ3v) is 6.99. The van der Waals surface area contributed by atoms with Crippen molar-refractivity contribution in [3.8, 4) is 17.5 Å². The molecule has 188 valence electrons. The minimum atomic E-state index is -0.214. The molecule has 0 saturated carbocycles. The maximum absolute atomic E-state index is 12.8. The van der Waals surface area contributed by atoms with Crippen LogP contribution in [0.25, 0.3) is 22.2 Å². The number of aryl methyl sites for hydroxylation is 2. The van der Waals surface area contributed by atoms with Crippen LogP contribution in [0.1, 0.15) is 42.0 Å². The van der Waals surface area contributed by atoms with E-state index in [4.69, 9.17) is 16.0 Å². The van der Waals surface area contributed by atoms with Gasteiger partial charge in [-0.25, -0.2) is 15.0 Å². The van der Waals surface area contributed by atoms with Gasteiger partial charge < -0.3 is 20.9 Å². The van der Waals surface area contributed by atoms with Crippen molar-refractivity contribution in [1.82, 2.24) is 24.8 Å². The van der Waals surface area contributed by atoms with Gasteiger partial charge in [0.25, 0.3) is 5.56 Å². The van der Waals surface area contributed by atoms with Gasteiger partial charge in [-0.2, -0.15) is 5.26 Å². The van der Waals surface area contributed by atoms with Crippen LogP contribution in [0.3, 0.4) is 0 Å². The smallest absolute Gasteiger partial charge is 0.259 e. The number of hydrogen-bond donors (Lipinski definition) is 3. The number of likely N-dealkylation sites (tertiary alicyclic amines) is 1. The number of nitriles is 1. The number of piperidine rings is 1. The highest BCUT2D eigenvalue weighted by Gasteiger charge is 2.22. The molecule has 0 aliphatic carbocycles. The number of nitrogens with two attached hydrogens (primary N) is 1. The van der Waals surface area contributed by atoms with Gasteiger partial charge in [-0.15, -0.1) is 0 Å². The first-order chi connectivity index (χ1) is 17.9. The quantitative estimate of drug-likeness (QED) is 0.358. The van der Waals surface area contributed by atoms with Gasteiger partial charge in [0.1, 0.15) is 5.82 Å². The Morgan fingerprint density at radius 3 is 2.62 bits per heavy atom. The number of H-pyrrole nitrogens is 1. The summed E-state index contributed by atoms with van der Waals surface area (Å²) in [4.78, 5) is 31.2. The molecule has 1 aromatic carbocycles. The second kappa shape index (κ2) is 10.4. The van der Waals surface area contributed by atoms with E-state index in [0.29, 0.717) is 34.9 Å². The Morgan fingerprint density at radius 2 is 1.89 bits per heavy atom. The lowest BCUT2D eigenvalue weighted by Gasteiger charge is -2.32. The highest BCUT2D eigenvalue weighted by Crippen LogP contribution is 2.33. The van der Waals surface area contributed by atoms with Crippen molar-refractivity contribution in [3.05, 3.63) is 69.8 Å². The van der Waals surface area contributed by atoms with Gasteiger partial charge in [0, 0.05) is 30.5 Å². The number of nitrogen functional groups attached to an aromatic ring is 1. The van der Waals surface area contributed by atoms with Gasteiger partial charge in [0.15, 0.2) is 0 Å². The van der Waals surface area contributed by atoms with Gasteiger partial charge >= 0.3 is 0 Å². The monoisotopic (exact) mass is 494 g/mol. The van der Waals surface area contributed by atoms with E-state index in [1.165, 1.54) is 11.1 Å². The molecule has 1 saturated heterocycles. The van der Waals surface area contributed by atoms with Crippen LogP contribution in [-0.2, 0) is 0 Å². The molecule has 9 nitrogen and oxygen atoms in total. The first-order valence-electron chi connectivity index (χ1n) is 12.5. The summed E-state index contributed by atoms with van der Waals surface area (Å²) in [6.07, 6.45) is 4.39. The average Bonchev–Trinajstić information content (AvgIpc) is 2.87. The lowest BCUT2D eigenvalue weighted by atomic mass is 9.86. The van der Waals surface area contributed by atoms with E-state index in [1.807, 2.05) is 25.1 Å². The molecule has 0 atom stereocenters. The van der Waals surface area contributed by atoms with Crippen molar-refractivity contribution in [1.29, 1.82) is 5.26 Å². The Morgan fingerprint density at radius 1 is 1.11 bits per heavy atom. The Balaban J connectivity index is 1.44. The number of nitrogens with zero attached hydrogens (tertiary/aromatic N) is 5. The molecule has 5 rings (SSSR count). The third kappa shape index (κ3) is 5.29. The molecule has 0 amide bonds. The van der Waals surface area contributed by atoms with Gasteiger partial charge in [0.05, 0.1) is 22.8 Å². The van der Waals surface area contributed by atoms with Crippen LogP contribution >= 0.6 is 0 Å². The number of benzene rings is 1. The second-order valence-electron chi connectivity index (χ2n) is 9.60.